The summed E-state index contributed by atoms with van der Waals surface area (Å²) in [6.45, 7) is 7.94. The van der Waals surface area contributed by atoms with Crippen LogP contribution in [0.4, 0.5) is 0 Å². The van der Waals surface area contributed by atoms with Crippen molar-refractivity contribution in [2.45, 2.75) is 130 Å². The van der Waals surface area contributed by atoms with Crippen LogP contribution in [-0.2, 0) is 9.59 Å². The van der Waals surface area contributed by atoms with Crippen LogP contribution >= 0.6 is 0 Å². The molecule has 0 aromatic heterocycles. The normalized spacial score (nSPS) is 40.7. The minimum atomic E-state index is -0.127. The lowest BCUT2D eigenvalue weighted by Gasteiger charge is -2.62. The van der Waals surface area contributed by atoms with Crippen LogP contribution < -0.4 is 0 Å². The van der Waals surface area contributed by atoms with Crippen molar-refractivity contribution in [3.05, 3.63) is 0 Å². The van der Waals surface area contributed by atoms with Gasteiger partial charge in [-0.05, 0) is 91.8 Å². The standard InChI is InChI=1S/C31H53NO3/c1-5-19-32(4)28(35)12-10-8-6-7-9-11-22-21-31(3)26(15-16-27(31)34)25-14-13-23-20-24(33)17-18-30(23,2)29(22)25/h22-23,25-27,29,34H,5-21H2,1-4H3/t22?,23?,25-,26-,27?,29+,30-,31-/m0/s1. The molecule has 4 nitrogen and oxygen atoms in total. The molecular weight excluding hydrogens is 434 g/mol. The van der Waals surface area contributed by atoms with Gasteiger partial charge in [-0.2, -0.15) is 0 Å². The summed E-state index contributed by atoms with van der Waals surface area (Å²) in [5, 5.41) is 11.0. The maximum absolute atomic E-state index is 12.3. The zero-order valence-corrected chi connectivity index (χ0v) is 23.2. The van der Waals surface area contributed by atoms with Gasteiger partial charge in [-0.15, -0.1) is 0 Å². The van der Waals surface area contributed by atoms with Crippen LogP contribution in [-0.4, -0.2) is 41.4 Å². The summed E-state index contributed by atoms with van der Waals surface area (Å²) in [5.41, 5.74) is 0.422. The highest BCUT2D eigenvalue weighted by atomic mass is 16.3. The van der Waals surface area contributed by atoms with Crippen LogP contribution in [0.1, 0.15) is 124 Å². The number of amides is 1. The van der Waals surface area contributed by atoms with Crippen molar-refractivity contribution in [3.63, 3.8) is 0 Å². The number of aliphatic hydroxyl groups is 1. The molecule has 0 radical (unpaired) electrons. The minimum Gasteiger partial charge on any atom is -0.393 e. The number of carbonyl (C=O) groups is 2. The molecule has 4 heteroatoms. The topological polar surface area (TPSA) is 57.6 Å². The maximum Gasteiger partial charge on any atom is 0.222 e. The molecule has 1 amide bonds. The lowest BCUT2D eigenvalue weighted by molar-refractivity contribution is -0.159. The second kappa shape index (κ2) is 11.2. The molecule has 8 atom stereocenters. The zero-order valence-electron chi connectivity index (χ0n) is 23.2. The molecule has 4 saturated carbocycles. The van der Waals surface area contributed by atoms with E-state index in [0.29, 0.717) is 41.3 Å². The third-order valence-corrected chi connectivity index (χ3v) is 11.5. The molecule has 0 saturated heterocycles. The van der Waals surface area contributed by atoms with E-state index in [4.69, 9.17) is 0 Å². The number of Topliss-reactive ketones (excluding diaryl/α,β-unsaturated/α-hetero) is 1. The number of nitrogens with zero attached hydrogens (tertiary/aromatic N) is 1. The first-order chi connectivity index (χ1) is 16.7. The Hall–Kier alpha value is -0.900. The average Bonchev–Trinajstić information content (AvgIpc) is 3.12. The SMILES string of the molecule is CCCN(C)C(=O)CCCCCCCC1C[C@]2(C)C(O)CC[C@H]2[C@@H]2CCC3CC(=O)CC[C@]3(C)[C@H]12. The molecule has 200 valence electrons. The van der Waals surface area contributed by atoms with Crippen LogP contribution in [0.15, 0.2) is 0 Å². The van der Waals surface area contributed by atoms with E-state index < -0.39 is 0 Å². The predicted octanol–water partition coefficient (Wildman–Crippen LogP) is 6.78. The fourth-order valence-corrected chi connectivity index (χ4v) is 9.57. The van der Waals surface area contributed by atoms with Gasteiger partial charge in [0.15, 0.2) is 0 Å². The van der Waals surface area contributed by atoms with Crippen molar-refractivity contribution < 1.29 is 14.7 Å². The van der Waals surface area contributed by atoms with Crippen molar-refractivity contribution in [2.75, 3.05) is 13.6 Å². The first-order valence-electron chi connectivity index (χ1n) is 15.1. The zero-order chi connectivity index (χ0) is 25.2. The van der Waals surface area contributed by atoms with E-state index in [1.165, 1.54) is 51.4 Å². The molecular formula is C31H53NO3. The molecule has 4 aliphatic rings. The van der Waals surface area contributed by atoms with Crippen LogP contribution in [0.5, 0.6) is 0 Å². The number of hydrogen-bond acceptors (Lipinski definition) is 3. The molecule has 35 heavy (non-hydrogen) atoms. The molecule has 3 unspecified atom stereocenters. The van der Waals surface area contributed by atoms with Crippen molar-refractivity contribution in [2.24, 2.45) is 40.4 Å². The van der Waals surface area contributed by atoms with Gasteiger partial charge in [-0.25, -0.2) is 0 Å². The van der Waals surface area contributed by atoms with Gasteiger partial charge in [0.25, 0.3) is 0 Å². The first-order valence-corrected chi connectivity index (χ1v) is 15.1. The monoisotopic (exact) mass is 487 g/mol. The number of fused-ring (bicyclic) bond motifs is 5. The minimum absolute atomic E-state index is 0.102. The Morgan fingerprint density at radius 2 is 1.77 bits per heavy atom. The average molecular weight is 488 g/mol. The molecule has 0 bridgehead atoms. The van der Waals surface area contributed by atoms with E-state index in [2.05, 4.69) is 20.8 Å². The third-order valence-electron chi connectivity index (χ3n) is 11.5. The van der Waals surface area contributed by atoms with Gasteiger partial charge in [-0.3, -0.25) is 9.59 Å². The van der Waals surface area contributed by atoms with Gasteiger partial charge >= 0.3 is 0 Å². The predicted molar refractivity (Wildman–Crippen MR) is 142 cm³/mol. The highest BCUT2D eigenvalue weighted by Gasteiger charge is 2.62. The van der Waals surface area contributed by atoms with E-state index in [9.17, 15) is 14.7 Å². The number of hydrogen-bond donors (Lipinski definition) is 1. The smallest absolute Gasteiger partial charge is 0.222 e. The highest BCUT2D eigenvalue weighted by Crippen LogP contribution is 2.68. The highest BCUT2D eigenvalue weighted by molar-refractivity contribution is 5.79. The quantitative estimate of drug-likeness (QED) is 0.345. The summed E-state index contributed by atoms with van der Waals surface area (Å²) < 4.78 is 0. The van der Waals surface area contributed by atoms with Crippen molar-refractivity contribution in [3.8, 4) is 0 Å². The Balaban J connectivity index is 1.34. The molecule has 4 fully saturated rings. The summed E-state index contributed by atoms with van der Waals surface area (Å²) in [5.74, 6) is 4.24. The second-order valence-electron chi connectivity index (χ2n) is 13.5. The molecule has 1 N–H and O–H groups in total. The molecule has 0 aromatic rings. The Morgan fingerprint density at radius 1 is 1.03 bits per heavy atom. The van der Waals surface area contributed by atoms with Gasteiger partial charge < -0.3 is 10.0 Å². The largest absolute Gasteiger partial charge is 0.393 e. The molecule has 0 heterocycles. The number of unbranched alkanes of at least 4 members (excludes halogenated alkanes) is 4. The van der Waals surface area contributed by atoms with Crippen LogP contribution in [0.2, 0.25) is 0 Å². The Kier molecular flexibility index (Phi) is 8.71. The number of rotatable bonds is 10. The summed E-state index contributed by atoms with van der Waals surface area (Å²) in [6.07, 6.45) is 17.4. The Labute approximate surface area is 215 Å². The molecule has 0 aliphatic heterocycles. The van der Waals surface area contributed by atoms with Crippen LogP contribution in [0, 0.1) is 40.4 Å². The van der Waals surface area contributed by atoms with Gasteiger partial charge in [0.2, 0.25) is 5.91 Å². The molecule has 0 aromatic carbocycles. The lowest BCUT2D eigenvalue weighted by atomic mass is 9.42. The van der Waals surface area contributed by atoms with E-state index >= 15 is 0 Å². The molecule has 4 rings (SSSR count). The molecule has 4 aliphatic carbocycles. The van der Waals surface area contributed by atoms with Gasteiger partial charge in [0.05, 0.1) is 6.10 Å². The summed E-state index contributed by atoms with van der Waals surface area (Å²) in [7, 11) is 1.92. The van der Waals surface area contributed by atoms with Crippen molar-refractivity contribution >= 4 is 11.7 Å². The van der Waals surface area contributed by atoms with E-state index in [0.717, 1.165) is 63.3 Å². The van der Waals surface area contributed by atoms with Gasteiger partial charge in [0.1, 0.15) is 5.78 Å². The Morgan fingerprint density at radius 3 is 2.54 bits per heavy atom. The third kappa shape index (κ3) is 5.39. The van der Waals surface area contributed by atoms with E-state index in [1.54, 1.807) is 0 Å². The fraction of sp³-hybridized carbons (Fsp3) is 0.935. The lowest BCUT2D eigenvalue weighted by Crippen LogP contribution is -2.57. The summed E-state index contributed by atoms with van der Waals surface area (Å²) >= 11 is 0. The fourth-order valence-electron chi connectivity index (χ4n) is 9.57. The summed E-state index contributed by atoms with van der Waals surface area (Å²) in [6, 6.07) is 0. The van der Waals surface area contributed by atoms with Crippen LogP contribution in [0.3, 0.4) is 0 Å². The Bertz CT molecular complexity index is 752. The van der Waals surface area contributed by atoms with E-state index in [-0.39, 0.29) is 11.5 Å². The van der Waals surface area contributed by atoms with E-state index in [1.807, 2.05) is 11.9 Å². The first kappa shape index (κ1) is 27.1. The molecule has 0 spiro atoms. The number of carbonyl (C=O) groups excluding carboxylic acids is 2. The van der Waals surface area contributed by atoms with Gasteiger partial charge in [-0.1, -0.05) is 52.9 Å². The van der Waals surface area contributed by atoms with Crippen molar-refractivity contribution in [1.82, 2.24) is 4.90 Å². The second-order valence-corrected chi connectivity index (χ2v) is 13.5. The number of ketones is 1. The van der Waals surface area contributed by atoms with Crippen LogP contribution in [0.25, 0.3) is 0 Å². The van der Waals surface area contributed by atoms with Gasteiger partial charge in [0, 0.05) is 32.9 Å². The number of aliphatic hydroxyl groups excluding tert-OH is 1. The maximum atomic E-state index is 12.3. The van der Waals surface area contributed by atoms with Crippen molar-refractivity contribution in [1.29, 1.82) is 0 Å². The summed E-state index contributed by atoms with van der Waals surface area (Å²) in [4.78, 5) is 26.4.